The third-order valence-corrected chi connectivity index (χ3v) is 7.16. The highest BCUT2D eigenvalue weighted by Crippen LogP contribution is 2.52. The van der Waals surface area contributed by atoms with Crippen LogP contribution in [0.1, 0.15) is 46.0 Å². The SMILES string of the molecule is CCCCC(CC)CNC(=NCC(=O)N(C)C)NCCN1C(=O)C2C3C=CC(C3)C2C1=O. The number of hydrogen-bond acceptors (Lipinski definition) is 4. The van der Waals surface area contributed by atoms with Gasteiger partial charge in [0.25, 0.3) is 0 Å². The molecule has 3 amide bonds. The lowest BCUT2D eigenvalue weighted by molar-refractivity contribution is -0.140. The van der Waals surface area contributed by atoms with Gasteiger partial charge in [0, 0.05) is 33.7 Å². The zero-order valence-electron chi connectivity index (χ0n) is 20.0. The van der Waals surface area contributed by atoms with Gasteiger partial charge in [0.05, 0.1) is 11.8 Å². The minimum absolute atomic E-state index is 0.0292. The number of carbonyl (C=O) groups excluding carboxylic acids is 3. The molecular weight excluding hydrogens is 406 g/mol. The van der Waals surface area contributed by atoms with Crippen molar-refractivity contribution in [2.24, 2.45) is 34.6 Å². The fraction of sp³-hybridized carbons (Fsp3) is 0.750. The van der Waals surface area contributed by atoms with E-state index in [0.717, 1.165) is 25.8 Å². The second-order valence-corrected chi connectivity index (χ2v) is 9.51. The van der Waals surface area contributed by atoms with Crippen LogP contribution in [-0.2, 0) is 14.4 Å². The Morgan fingerprint density at radius 2 is 1.81 bits per heavy atom. The Kier molecular flexibility index (Phi) is 8.32. The first-order valence-corrected chi connectivity index (χ1v) is 12.1. The number of imide groups is 1. The summed E-state index contributed by atoms with van der Waals surface area (Å²) in [6.45, 7) is 5.93. The molecule has 2 bridgehead atoms. The van der Waals surface area contributed by atoms with Gasteiger partial charge in [-0.25, -0.2) is 4.99 Å². The highest BCUT2D eigenvalue weighted by molar-refractivity contribution is 6.06. The van der Waals surface area contributed by atoms with Crippen LogP contribution in [0, 0.1) is 29.6 Å². The van der Waals surface area contributed by atoms with Crippen molar-refractivity contribution in [1.29, 1.82) is 0 Å². The number of hydrogen-bond donors (Lipinski definition) is 2. The van der Waals surface area contributed by atoms with Gasteiger partial charge >= 0.3 is 0 Å². The van der Waals surface area contributed by atoms with Crippen LogP contribution in [0.4, 0.5) is 0 Å². The van der Waals surface area contributed by atoms with Crippen LogP contribution >= 0.6 is 0 Å². The Morgan fingerprint density at radius 3 is 2.38 bits per heavy atom. The maximum Gasteiger partial charge on any atom is 0.243 e. The lowest BCUT2D eigenvalue weighted by Gasteiger charge is -2.21. The number of nitrogens with zero attached hydrogens (tertiary/aromatic N) is 3. The maximum atomic E-state index is 12.9. The Morgan fingerprint density at radius 1 is 1.16 bits per heavy atom. The van der Waals surface area contributed by atoms with E-state index in [0.29, 0.717) is 25.0 Å². The molecule has 0 spiro atoms. The number of amides is 3. The van der Waals surface area contributed by atoms with Gasteiger partial charge in [0.15, 0.2) is 5.96 Å². The normalized spacial score (nSPS) is 27.1. The molecule has 1 saturated carbocycles. The number of fused-ring (bicyclic) bond motifs is 5. The average molecular weight is 446 g/mol. The van der Waals surface area contributed by atoms with E-state index in [1.54, 1.807) is 14.1 Å². The summed E-state index contributed by atoms with van der Waals surface area (Å²) in [6, 6.07) is 0. The van der Waals surface area contributed by atoms with Crippen molar-refractivity contribution in [3.63, 3.8) is 0 Å². The molecule has 2 N–H and O–H groups in total. The van der Waals surface area contributed by atoms with Gasteiger partial charge in [-0.15, -0.1) is 0 Å². The molecule has 3 aliphatic rings. The van der Waals surface area contributed by atoms with Crippen LogP contribution in [0.25, 0.3) is 0 Å². The number of likely N-dealkylation sites (tertiary alicyclic amines) is 1. The quantitative estimate of drug-likeness (QED) is 0.218. The standard InChI is InChI=1S/C24H39N5O3/c1-5-7-8-16(6-2)14-26-24(27-15-19(30)28(3)4)25-11-12-29-22(31)20-17-9-10-18(13-17)21(20)23(29)32/h9-10,16-18,20-21H,5-8,11-15H2,1-4H3,(H2,25,26,27). The topological polar surface area (TPSA) is 94.1 Å². The van der Waals surface area contributed by atoms with E-state index in [9.17, 15) is 14.4 Å². The Balaban J connectivity index is 1.55. The highest BCUT2D eigenvalue weighted by atomic mass is 16.2. The lowest BCUT2D eigenvalue weighted by Crippen LogP contribution is -2.45. The Labute approximate surface area is 191 Å². The van der Waals surface area contributed by atoms with Crippen molar-refractivity contribution in [1.82, 2.24) is 20.4 Å². The van der Waals surface area contributed by atoms with Crippen molar-refractivity contribution in [3.8, 4) is 0 Å². The minimum Gasteiger partial charge on any atom is -0.356 e. The van der Waals surface area contributed by atoms with Crippen LogP contribution in [-0.4, -0.2) is 73.8 Å². The van der Waals surface area contributed by atoms with E-state index >= 15 is 0 Å². The number of aliphatic imine (C=N–C) groups is 1. The van der Waals surface area contributed by atoms with E-state index in [2.05, 4.69) is 41.6 Å². The molecule has 178 valence electrons. The third-order valence-electron chi connectivity index (χ3n) is 7.16. The van der Waals surface area contributed by atoms with E-state index in [4.69, 9.17) is 0 Å². The summed E-state index contributed by atoms with van der Waals surface area (Å²) in [4.78, 5) is 45.1. The summed E-state index contributed by atoms with van der Waals surface area (Å²) >= 11 is 0. The lowest BCUT2D eigenvalue weighted by atomic mass is 9.85. The molecule has 8 nitrogen and oxygen atoms in total. The Hall–Kier alpha value is -2.38. The molecule has 2 aliphatic carbocycles. The summed E-state index contributed by atoms with van der Waals surface area (Å²) in [6.07, 6.45) is 9.75. The summed E-state index contributed by atoms with van der Waals surface area (Å²) in [5.74, 6) is 1.08. The molecule has 32 heavy (non-hydrogen) atoms. The summed E-state index contributed by atoms with van der Waals surface area (Å²) < 4.78 is 0. The van der Waals surface area contributed by atoms with Gasteiger partial charge in [-0.1, -0.05) is 45.3 Å². The average Bonchev–Trinajstić information content (AvgIpc) is 3.46. The molecule has 8 heteroatoms. The van der Waals surface area contributed by atoms with Crippen LogP contribution in [0.5, 0.6) is 0 Å². The highest BCUT2D eigenvalue weighted by Gasteiger charge is 2.58. The van der Waals surface area contributed by atoms with Gasteiger partial charge < -0.3 is 15.5 Å². The van der Waals surface area contributed by atoms with Gasteiger partial charge in [0.2, 0.25) is 17.7 Å². The number of allylic oxidation sites excluding steroid dienone is 2. The van der Waals surface area contributed by atoms with Gasteiger partial charge in [-0.05, 0) is 30.6 Å². The Bertz CT molecular complexity index is 733. The molecule has 5 atom stereocenters. The number of rotatable bonds is 11. The van der Waals surface area contributed by atoms with Crippen molar-refractivity contribution in [3.05, 3.63) is 12.2 Å². The molecule has 0 radical (unpaired) electrons. The van der Waals surface area contributed by atoms with E-state index in [1.807, 2.05) is 0 Å². The fourth-order valence-corrected chi connectivity index (χ4v) is 5.12. The molecule has 5 unspecified atom stereocenters. The molecule has 0 aromatic heterocycles. The third kappa shape index (κ3) is 5.33. The van der Waals surface area contributed by atoms with Gasteiger partial charge in [-0.3, -0.25) is 19.3 Å². The van der Waals surface area contributed by atoms with Crippen molar-refractivity contribution in [2.75, 3.05) is 40.3 Å². The van der Waals surface area contributed by atoms with E-state index < -0.39 is 0 Å². The maximum absolute atomic E-state index is 12.9. The van der Waals surface area contributed by atoms with E-state index in [1.165, 1.54) is 22.6 Å². The van der Waals surface area contributed by atoms with Crippen molar-refractivity contribution in [2.45, 2.75) is 46.0 Å². The number of nitrogens with one attached hydrogen (secondary N) is 2. The fourth-order valence-electron chi connectivity index (χ4n) is 5.12. The number of carbonyl (C=O) groups is 3. The van der Waals surface area contributed by atoms with Gasteiger partial charge in [-0.2, -0.15) is 0 Å². The van der Waals surface area contributed by atoms with Crippen molar-refractivity contribution < 1.29 is 14.4 Å². The molecule has 1 saturated heterocycles. The van der Waals surface area contributed by atoms with E-state index in [-0.39, 0.29) is 47.9 Å². The largest absolute Gasteiger partial charge is 0.356 e. The second-order valence-electron chi connectivity index (χ2n) is 9.51. The van der Waals surface area contributed by atoms with Crippen molar-refractivity contribution >= 4 is 23.7 Å². The molecule has 0 aromatic rings. The zero-order chi connectivity index (χ0) is 23.3. The molecule has 3 rings (SSSR count). The predicted molar refractivity (Wildman–Crippen MR) is 125 cm³/mol. The van der Waals surface area contributed by atoms with Crippen LogP contribution in [0.3, 0.4) is 0 Å². The summed E-state index contributed by atoms with van der Waals surface area (Å²) in [7, 11) is 3.42. The zero-order valence-corrected chi connectivity index (χ0v) is 20.0. The number of unbranched alkanes of at least 4 members (excludes halogenated alkanes) is 1. The van der Waals surface area contributed by atoms with Crippen LogP contribution < -0.4 is 10.6 Å². The first-order valence-electron chi connectivity index (χ1n) is 12.1. The molecule has 2 fully saturated rings. The monoisotopic (exact) mass is 445 g/mol. The number of guanidine groups is 1. The molecule has 1 aliphatic heterocycles. The van der Waals surface area contributed by atoms with Crippen LogP contribution in [0.15, 0.2) is 17.1 Å². The number of likely N-dealkylation sites (N-methyl/N-ethyl adjacent to an activating group) is 1. The second kappa shape index (κ2) is 11.0. The first-order chi connectivity index (χ1) is 15.4. The first kappa shape index (κ1) is 24.3. The summed E-state index contributed by atoms with van der Waals surface area (Å²) in [5.41, 5.74) is 0. The smallest absolute Gasteiger partial charge is 0.243 e. The molecule has 0 aromatic carbocycles. The van der Waals surface area contributed by atoms with Crippen LogP contribution in [0.2, 0.25) is 0 Å². The molecular formula is C24H39N5O3. The minimum atomic E-state index is -0.162. The predicted octanol–water partition coefficient (Wildman–Crippen LogP) is 1.63. The molecule has 1 heterocycles. The van der Waals surface area contributed by atoms with Gasteiger partial charge in [0.1, 0.15) is 6.54 Å². The summed E-state index contributed by atoms with van der Waals surface area (Å²) in [5, 5.41) is 6.58.